The number of piperidine rings is 1. The molecule has 10 heteroatoms. The van der Waals surface area contributed by atoms with Crippen molar-refractivity contribution in [3.05, 3.63) is 63.9 Å². The Morgan fingerprint density at radius 2 is 1.85 bits per heavy atom. The van der Waals surface area contributed by atoms with Gasteiger partial charge < -0.3 is 10.6 Å². The van der Waals surface area contributed by atoms with Gasteiger partial charge in [-0.2, -0.15) is 4.68 Å². The molecule has 3 N–H and O–H groups in total. The van der Waals surface area contributed by atoms with E-state index in [0.29, 0.717) is 16.6 Å². The number of benzene rings is 2. The van der Waals surface area contributed by atoms with Crippen LogP contribution in [0.25, 0.3) is 10.9 Å². The van der Waals surface area contributed by atoms with Gasteiger partial charge in [0.05, 0.1) is 5.39 Å². The molecule has 4 amide bonds. The van der Waals surface area contributed by atoms with E-state index in [2.05, 4.69) is 47.0 Å². The second-order valence-electron chi connectivity index (χ2n) is 9.29. The van der Waals surface area contributed by atoms with Gasteiger partial charge in [-0.1, -0.05) is 44.2 Å². The van der Waals surface area contributed by atoms with Gasteiger partial charge in [0.15, 0.2) is 0 Å². The first-order chi connectivity index (χ1) is 16.1. The van der Waals surface area contributed by atoms with Crippen molar-refractivity contribution >= 4 is 34.4 Å². The van der Waals surface area contributed by atoms with Gasteiger partial charge in [-0.05, 0) is 47.2 Å². The maximum absolute atomic E-state index is 12.8. The van der Waals surface area contributed by atoms with E-state index in [0.717, 1.165) is 10.2 Å². The van der Waals surface area contributed by atoms with Crippen molar-refractivity contribution in [2.75, 3.05) is 5.32 Å². The Kier molecular flexibility index (Phi) is 6.14. The molecule has 1 aromatic heterocycles. The Morgan fingerprint density at radius 3 is 2.53 bits per heavy atom. The van der Waals surface area contributed by atoms with E-state index >= 15 is 0 Å². The molecule has 0 aliphatic carbocycles. The third kappa shape index (κ3) is 4.95. The monoisotopic (exact) mass is 462 g/mol. The normalized spacial score (nSPS) is 16.3. The zero-order valence-electron chi connectivity index (χ0n) is 19.2. The molecule has 1 aliphatic heterocycles. The lowest BCUT2D eigenvalue weighted by Crippen LogP contribution is -2.45. The minimum atomic E-state index is -0.871. The number of rotatable bonds is 4. The third-order valence-electron chi connectivity index (χ3n) is 5.72. The summed E-state index contributed by atoms with van der Waals surface area (Å²) in [6.07, 6.45) is 0.330. The van der Waals surface area contributed by atoms with Crippen molar-refractivity contribution in [1.82, 2.24) is 25.6 Å². The highest BCUT2D eigenvalue weighted by molar-refractivity contribution is 5.99. The van der Waals surface area contributed by atoms with E-state index in [9.17, 15) is 19.2 Å². The van der Waals surface area contributed by atoms with Gasteiger partial charge in [0.25, 0.3) is 11.5 Å². The van der Waals surface area contributed by atoms with Gasteiger partial charge >= 0.3 is 6.03 Å². The molecule has 1 unspecified atom stereocenters. The van der Waals surface area contributed by atoms with E-state index in [1.807, 2.05) is 24.3 Å². The number of nitrogens with one attached hydrogen (secondary N) is 3. The zero-order chi connectivity index (χ0) is 24.5. The van der Waals surface area contributed by atoms with Crippen LogP contribution in [0.1, 0.15) is 50.8 Å². The van der Waals surface area contributed by atoms with Crippen LogP contribution in [0.15, 0.2) is 47.3 Å². The summed E-state index contributed by atoms with van der Waals surface area (Å²) in [5, 5.41) is 16.1. The number of aromatic nitrogens is 3. The maximum atomic E-state index is 12.8. The summed E-state index contributed by atoms with van der Waals surface area (Å²) >= 11 is 0. The highest BCUT2D eigenvalue weighted by Gasteiger charge is 2.30. The number of amides is 4. The number of urea groups is 1. The molecule has 2 aromatic carbocycles. The molecule has 176 valence electrons. The molecule has 1 aliphatic rings. The number of hydrogen-bond acceptors (Lipinski definition) is 6. The summed E-state index contributed by atoms with van der Waals surface area (Å²) in [4.78, 5) is 48.6. The number of hydrogen-bond donors (Lipinski definition) is 3. The fourth-order valence-corrected chi connectivity index (χ4v) is 3.74. The average molecular weight is 463 g/mol. The minimum absolute atomic E-state index is 0.0326. The lowest BCUT2D eigenvalue weighted by atomic mass is 9.87. The van der Waals surface area contributed by atoms with E-state index in [-0.39, 0.29) is 36.7 Å². The largest absolute Gasteiger partial charge is 0.334 e. The maximum Gasteiger partial charge on any atom is 0.319 e. The molecule has 0 saturated carbocycles. The molecular weight excluding hydrogens is 436 g/mol. The fraction of sp³-hybridized carbons (Fsp3) is 0.333. The highest BCUT2D eigenvalue weighted by atomic mass is 16.2. The van der Waals surface area contributed by atoms with Crippen LogP contribution in [0.3, 0.4) is 0 Å². The quantitative estimate of drug-likeness (QED) is 0.510. The molecule has 0 radical (unpaired) electrons. The van der Waals surface area contributed by atoms with E-state index < -0.39 is 17.5 Å². The lowest BCUT2D eigenvalue weighted by Gasteiger charge is -2.21. The van der Waals surface area contributed by atoms with Crippen LogP contribution in [0.2, 0.25) is 0 Å². The molecule has 0 bridgehead atoms. The molecule has 0 spiro atoms. The molecule has 1 fully saturated rings. The van der Waals surface area contributed by atoms with Crippen LogP contribution in [0, 0.1) is 0 Å². The number of nitrogens with zero attached hydrogens (tertiary/aromatic N) is 3. The summed E-state index contributed by atoms with van der Waals surface area (Å²) < 4.78 is 1.01. The number of carbonyl (C=O) groups is 3. The first-order valence-corrected chi connectivity index (χ1v) is 11.0. The van der Waals surface area contributed by atoms with Crippen LogP contribution in [-0.2, 0) is 21.5 Å². The second kappa shape index (κ2) is 9.05. The summed E-state index contributed by atoms with van der Waals surface area (Å²) in [5.74, 6) is -0.932. The standard InChI is InChI=1S/C24H26N6O4/c1-24(2,3)15-5-7-16(8-6-15)26-23(34)25-13-14-4-9-17-18(12-14)28-29-30(22(17)33)19-10-11-20(31)27-21(19)32/h4-9,12,19H,10-11,13H2,1-3H3,(H2,25,26,34)(H,27,31,32). The molecule has 1 saturated heterocycles. The van der Waals surface area contributed by atoms with Gasteiger partial charge in [-0.3, -0.25) is 19.7 Å². The summed E-state index contributed by atoms with van der Waals surface area (Å²) in [7, 11) is 0. The van der Waals surface area contributed by atoms with E-state index in [4.69, 9.17) is 0 Å². The van der Waals surface area contributed by atoms with Gasteiger partial charge in [0.1, 0.15) is 11.6 Å². The van der Waals surface area contributed by atoms with Crippen LogP contribution >= 0.6 is 0 Å². The minimum Gasteiger partial charge on any atom is -0.334 e. The number of carbonyl (C=O) groups excluding carboxylic acids is 3. The molecule has 10 nitrogen and oxygen atoms in total. The fourth-order valence-electron chi connectivity index (χ4n) is 3.74. The summed E-state index contributed by atoms with van der Waals surface area (Å²) in [6.45, 7) is 6.60. The molecule has 1 atom stereocenters. The second-order valence-corrected chi connectivity index (χ2v) is 9.29. The molecule has 4 rings (SSSR count). The summed E-state index contributed by atoms with van der Waals surface area (Å²) in [6, 6.07) is 11.4. The van der Waals surface area contributed by atoms with Gasteiger partial charge in [-0.15, -0.1) is 5.10 Å². The lowest BCUT2D eigenvalue weighted by molar-refractivity contribution is -0.136. The molecule has 3 aromatic rings. The summed E-state index contributed by atoms with van der Waals surface area (Å²) in [5.41, 5.74) is 2.51. The average Bonchev–Trinajstić information content (AvgIpc) is 2.78. The predicted molar refractivity (Wildman–Crippen MR) is 126 cm³/mol. The Balaban J connectivity index is 1.42. The molecule has 34 heavy (non-hydrogen) atoms. The molecular formula is C24H26N6O4. The van der Waals surface area contributed by atoms with Crippen molar-refractivity contribution in [2.24, 2.45) is 0 Å². The Hall–Kier alpha value is -4.08. The topological polar surface area (TPSA) is 135 Å². The predicted octanol–water partition coefficient (Wildman–Crippen LogP) is 2.39. The van der Waals surface area contributed by atoms with Crippen LogP contribution in [0.5, 0.6) is 0 Å². The first-order valence-electron chi connectivity index (χ1n) is 11.0. The first kappa shape index (κ1) is 23.1. The van der Waals surface area contributed by atoms with Gasteiger partial charge in [0, 0.05) is 18.7 Å². The van der Waals surface area contributed by atoms with Crippen molar-refractivity contribution < 1.29 is 14.4 Å². The SMILES string of the molecule is CC(C)(C)c1ccc(NC(=O)NCc2ccc3c(=O)n(C4CCC(=O)NC4=O)nnc3c2)cc1. The molecule has 2 heterocycles. The van der Waals surface area contributed by atoms with Crippen LogP contribution in [0.4, 0.5) is 10.5 Å². The van der Waals surface area contributed by atoms with Gasteiger partial charge in [0.2, 0.25) is 5.91 Å². The van der Waals surface area contributed by atoms with Crippen LogP contribution in [-0.4, -0.2) is 32.8 Å². The third-order valence-corrected chi connectivity index (χ3v) is 5.72. The smallest absolute Gasteiger partial charge is 0.319 e. The Morgan fingerprint density at radius 1 is 1.12 bits per heavy atom. The number of anilines is 1. The van der Waals surface area contributed by atoms with E-state index in [1.165, 1.54) is 5.56 Å². The number of imide groups is 1. The van der Waals surface area contributed by atoms with Gasteiger partial charge in [-0.25, -0.2) is 4.79 Å². The van der Waals surface area contributed by atoms with Crippen molar-refractivity contribution in [1.29, 1.82) is 0 Å². The van der Waals surface area contributed by atoms with Crippen LogP contribution < -0.4 is 21.5 Å². The number of fused-ring (bicyclic) bond motifs is 1. The van der Waals surface area contributed by atoms with Crippen molar-refractivity contribution in [2.45, 2.75) is 51.6 Å². The Labute approximate surface area is 195 Å². The Bertz CT molecular complexity index is 1320. The highest BCUT2D eigenvalue weighted by Crippen LogP contribution is 2.23. The van der Waals surface area contributed by atoms with E-state index in [1.54, 1.807) is 18.2 Å². The van der Waals surface area contributed by atoms with Crippen molar-refractivity contribution in [3.63, 3.8) is 0 Å². The van der Waals surface area contributed by atoms with Crippen molar-refractivity contribution in [3.8, 4) is 0 Å². The zero-order valence-corrected chi connectivity index (χ0v) is 19.2.